The van der Waals surface area contributed by atoms with Gasteiger partial charge in [-0.15, -0.1) is 0 Å². The van der Waals surface area contributed by atoms with Crippen molar-refractivity contribution in [3.63, 3.8) is 0 Å². The van der Waals surface area contributed by atoms with E-state index in [9.17, 15) is 24.0 Å². The van der Waals surface area contributed by atoms with Crippen LogP contribution in [0.4, 0.5) is 0 Å². The lowest BCUT2D eigenvalue weighted by molar-refractivity contribution is -0.158. The van der Waals surface area contributed by atoms with Crippen LogP contribution >= 0.6 is 15.9 Å². The summed E-state index contributed by atoms with van der Waals surface area (Å²) >= 11 is 3.39. The highest BCUT2D eigenvalue weighted by atomic mass is 79.9. The second-order valence-electron chi connectivity index (χ2n) is 13.9. The predicted octanol–water partition coefficient (Wildman–Crippen LogP) is 4.52. The Labute approximate surface area is 310 Å². The van der Waals surface area contributed by atoms with Crippen molar-refractivity contribution in [2.45, 2.75) is 52.0 Å². The number of aromatic nitrogens is 2. The Balaban J connectivity index is 1.03. The molecule has 52 heavy (non-hydrogen) atoms. The fourth-order valence-corrected chi connectivity index (χ4v) is 8.18. The van der Waals surface area contributed by atoms with Gasteiger partial charge in [0.15, 0.2) is 0 Å². The minimum atomic E-state index is -0.355. The first kappa shape index (κ1) is 35.5. The molecule has 1 saturated heterocycles. The molecule has 5 amide bonds. The van der Waals surface area contributed by atoms with Gasteiger partial charge in [0.25, 0.3) is 23.6 Å². The highest BCUT2D eigenvalue weighted by molar-refractivity contribution is 9.12. The SMILES string of the molecule is CC(C)NC(=O)CN1CCN(N2C(=O)C=C(c3c(CCCCCc4[nH]c5ccccc5c4C4=C(Br)C(=O)N(C)C4=O)[nH]c4ccccc34)C2=O)CC1. The van der Waals surface area contributed by atoms with Gasteiger partial charge in [0.05, 0.1) is 22.2 Å². The number of amides is 5. The first-order valence-electron chi connectivity index (χ1n) is 17.8. The second kappa shape index (κ2) is 14.6. The van der Waals surface area contributed by atoms with Gasteiger partial charge in [0.1, 0.15) is 0 Å². The smallest absolute Gasteiger partial charge is 0.276 e. The number of halogens is 1. The molecule has 0 bridgehead atoms. The zero-order valence-corrected chi connectivity index (χ0v) is 31.1. The van der Waals surface area contributed by atoms with Crippen molar-refractivity contribution in [1.82, 2.24) is 35.1 Å². The number of nitrogens with zero attached hydrogens (tertiary/aromatic N) is 4. The molecule has 0 unspecified atom stereocenters. The summed E-state index contributed by atoms with van der Waals surface area (Å²) in [7, 11) is 1.49. The number of H-pyrrole nitrogens is 2. The quantitative estimate of drug-likeness (QED) is 0.142. The number of imide groups is 2. The van der Waals surface area contributed by atoms with E-state index in [4.69, 9.17) is 0 Å². The maximum atomic E-state index is 14.0. The van der Waals surface area contributed by atoms with Gasteiger partial charge >= 0.3 is 0 Å². The molecule has 0 aliphatic carbocycles. The summed E-state index contributed by atoms with van der Waals surface area (Å²) in [5, 5.41) is 7.76. The number of rotatable bonds is 12. The third kappa shape index (κ3) is 6.64. The maximum absolute atomic E-state index is 14.0. The minimum absolute atomic E-state index is 0.0348. The fourth-order valence-electron chi connectivity index (χ4n) is 7.54. The third-order valence-electron chi connectivity index (χ3n) is 10.0. The molecular formula is C39H42BrN7O5. The number of para-hydroxylation sites is 2. The van der Waals surface area contributed by atoms with Gasteiger partial charge < -0.3 is 15.3 Å². The van der Waals surface area contributed by atoms with E-state index in [0.29, 0.717) is 50.2 Å². The second-order valence-corrected chi connectivity index (χ2v) is 14.7. The normalized spacial score (nSPS) is 17.6. The van der Waals surface area contributed by atoms with Crippen molar-refractivity contribution in [3.05, 3.63) is 81.6 Å². The van der Waals surface area contributed by atoms with Crippen LogP contribution in [0.1, 0.15) is 55.6 Å². The molecule has 1 fully saturated rings. The highest BCUT2D eigenvalue weighted by Gasteiger charge is 2.40. The van der Waals surface area contributed by atoms with Crippen LogP contribution in [0.3, 0.4) is 0 Å². The standard InChI is InChI=1S/C39H42BrN7O5/c1-23(2)41-31(48)22-45-17-19-46(20-18-45)47-32(49)21-26(37(47)50)33-24-11-7-9-13-27(24)42-29(33)15-5-4-6-16-30-34(25-12-8-10-14-28(25)43-30)35-36(40)39(52)44(3)38(35)51/h7-14,21,23,42-43H,4-6,15-20,22H2,1-3H3,(H,41,48). The third-order valence-corrected chi connectivity index (χ3v) is 10.8. The topological polar surface area (TPSA) is 142 Å². The Morgan fingerprint density at radius 3 is 1.94 bits per heavy atom. The number of fused-ring (bicyclic) bond motifs is 2. The number of hydrazine groups is 1. The summed E-state index contributed by atoms with van der Waals surface area (Å²) in [6, 6.07) is 15.7. The van der Waals surface area contributed by atoms with E-state index < -0.39 is 0 Å². The highest BCUT2D eigenvalue weighted by Crippen LogP contribution is 2.39. The van der Waals surface area contributed by atoms with Crippen LogP contribution in [0.5, 0.6) is 0 Å². The van der Waals surface area contributed by atoms with Crippen molar-refractivity contribution in [2.24, 2.45) is 0 Å². The zero-order chi connectivity index (χ0) is 36.7. The summed E-state index contributed by atoms with van der Waals surface area (Å²) in [6.07, 6.45) is 5.34. The number of piperazine rings is 1. The average Bonchev–Trinajstić information content (AvgIpc) is 3.81. The number of aromatic amines is 2. The van der Waals surface area contributed by atoms with Crippen molar-refractivity contribution >= 4 is 78.4 Å². The lowest BCUT2D eigenvalue weighted by Gasteiger charge is -2.38. The van der Waals surface area contributed by atoms with Gasteiger partial charge in [-0.05, 0) is 67.6 Å². The Morgan fingerprint density at radius 2 is 1.37 bits per heavy atom. The molecule has 2 aromatic carbocycles. The van der Waals surface area contributed by atoms with E-state index in [1.165, 1.54) is 18.1 Å². The molecular weight excluding hydrogens is 726 g/mol. The number of nitrogens with one attached hydrogen (secondary N) is 3. The Kier molecular flexibility index (Phi) is 10.0. The molecule has 0 spiro atoms. The van der Waals surface area contributed by atoms with Crippen LogP contribution < -0.4 is 5.32 Å². The molecule has 3 aliphatic rings. The largest absolute Gasteiger partial charge is 0.358 e. The van der Waals surface area contributed by atoms with Crippen LogP contribution in [-0.2, 0) is 36.8 Å². The predicted molar refractivity (Wildman–Crippen MR) is 203 cm³/mol. The molecule has 4 aromatic rings. The summed E-state index contributed by atoms with van der Waals surface area (Å²) in [5.74, 6) is -1.40. The van der Waals surface area contributed by atoms with Crippen molar-refractivity contribution < 1.29 is 24.0 Å². The van der Waals surface area contributed by atoms with Gasteiger partial charge in [-0.3, -0.25) is 33.8 Å². The van der Waals surface area contributed by atoms with E-state index in [2.05, 4.69) is 31.2 Å². The van der Waals surface area contributed by atoms with Gasteiger partial charge in [0.2, 0.25) is 5.91 Å². The molecule has 2 aromatic heterocycles. The first-order chi connectivity index (χ1) is 25.0. The Hall–Kier alpha value is -4.85. The molecule has 5 heterocycles. The molecule has 12 nitrogen and oxygen atoms in total. The molecule has 13 heteroatoms. The molecule has 270 valence electrons. The number of carbonyl (C=O) groups is 5. The molecule has 3 N–H and O–H groups in total. The van der Waals surface area contributed by atoms with Gasteiger partial charge in [0, 0.05) is 89.7 Å². The Bertz CT molecular complexity index is 2170. The van der Waals surface area contributed by atoms with E-state index >= 15 is 0 Å². The number of likely N-dealkylation sites (N-methyl/N-ethyl adjacent to an activating group) is 1. The fraction of sp³-hybridized carbons (Fsp3) is 0.359. The number of unbranched alkanes of at least 4 members (excludes halogenated alkanes) is 2. The van der Waals surface area contributed by atoms with E-state index in [-0.39, 0.29) is 46.6 Å². The summed E-state index contributed by atoms with van der Waals surface area (Å²) in [6.45, 7) is 6.19. The molecule has 7 rings (SSSR count). The van der Waals surface area contributed by atoms with Crippen molar-refractivity contribution in [2.75, 3.05) is 39.8 Å². The zero-order valence-electron chi connectivity index (χ0n) is 29.6. The number of carbonyl (C=O) groups excluding carboxylic acids is 5. The van der Waals surface area contributed by atoms with Crippen molar-refractivity contribution in [1.29, 1.82) is 0 Å². The van der Waals surface area contributed by atoms with Crippen LogP contribution in [0, 0.1) is 0 Å². The first-order valence-corrected chi connectivity index (χ1v) is 18.6. The number of hydrogen-bond acceptors (Lipinski definition) is 7. The van der Waals surface area contributed by atoms with Gasteiger partial charge in [-0.2, -0.15) is 0 Å². The minimum Gasteiger partial charge on any atom is -0.358 e. The lowest BCUT2D eigenvalue weighted by Crippen LogP contribution is -2.57. The summed E-state index contributed by atoms with van der Waals surface area (Å²) < 4.78 is 0.276. The average molecular weight is 769 g/mol. The van der Waals surface area contributed by atoms with Crippen LogP contribution in [0.15, 0.2) is 59.1 Å². The number of hydrogen-bond donors (Lipinski definition) is 3. The summed E-state index contributed by atoms with van der Waals surface area (Å²) in [5.41, 5.74) is 5.95. The van der Waals surface area contributed by atoms with E-state index in [1.54, 1.807) is 5.01 Å². The van der Waals surface area contributed by atoms with Crippen molar-refractivity contribution in [3.8, 4) is 0 Å². The summed E-state index contributed by atoms with van der Waals surface area (Å²) in [4.78, 5) is 75.5. The maximum Gasteiger partial charge on any atom is 0.276 e. The number of aryl methyl sites for hydroxylation is 2. The van der Waals surface area contributed by atoms with Crippen LogP contribution in [0.25, 0.3) is 33.0 Å². The monoisotopic (exact) mass is 767 g/mol. The van der Waals surface area contributed by atoms with Gasteiger partial charge in [-0.25, -0.2) is 10.0 Å². The number of benzene rings is 2. The molecule has 0 saturated carbocycles. The van der Waals surface area contributed by atoms with Crippen LogP contribution in [-0.4, -0.2) is 105 Å². The van der Waals surface area contributed by atoms with Gasteiger partial charge in [-0.1, -0.05) is 42.8 Å². The Morgan fingerprint density at radius 1 is 0.788 bits per heavy atom. The molecule has 0 radical (unpaired) electrons. The van der Waals surface area contributed by atoms with E-state index in [0.717, 1.165) is 68.5 Å². The lowest BCUT2D eigenvalue weighted by atomic mass is 9.97. The van der Waals surface area contributed by atoms with Crippen LogP contribution in [0.2, 0.25) is 0 Å². The van der Waals surface area contributed by atoms with E-state index in [1.807, 2.05) is 67.3 Å². The molecule has 3 aliphatic heterocycles. The molecule has 0 atom stereocenters.